The second kappa shape index (κ2) is 5.69. The van der Waals surface area contributed by atoms with Crippen LogP contribution in [0.5, 0.6) is 0 Å². The van der Waals surface area contributed by atoms with Gasteiger partial charge >= 0.3 is 0 Å². The molecule has 0 radical (unpaired) electrons. The van der Waals surface area contributed by atoms with Crippen LogP contribution in [0.3, 0.4) is 0 Å². The molecule has 15 heavy (non-hydrogen) atoms. The number of hydrogen-bond donors (Lipinski definition) is 1. The maximum absolute atomic E-state index is 3.69. The van der Waals surface area contributed by atoms with Crippen molar-refractivity contribution < 1.29 is 0 Å². The van der Waals surface area contributed by atoms with Gasteiger partial charge in [-0.25, -0.2) is 0 Å². The van der Waals surface area contributed by atoms with Gasteiger partial charge in [0.2, 0.25) is 0 Å². The second-order valence-electron chi connectivity index (χ2n) is 5.48. The highest BCUT2D eigenvalue weighted by atomic mass is 14.9. The quantitative estimate of drug-likeness (QED) is 0.697. The maximum Gasteiger partial charge on any atom is -0.00173 e. The summed E-state index contributed by atoms with van der Waals surface area (Å²) in [7, 11) is 0. The minimum atomic E-state index is 0.909. The summed E-state index contributed by atoms with van der Waals surface area (Å²) in [6.07, 6.45) is 13.0. The van der Waals surface area contributed by atoms with Crippen LogP contribution in [0.25, 0.3) is 0 Å². The van der Waals surface area contributed by atoms with Gasteiger partial charge in [-0.1, -0.05) is 31.9 Å². The summed E-state index contributed by atoms with van der Waals surface area (Å²) in [5.74, 6) is 2.83. The Kier molecular flexibility index (Phi) is 4.25. The first kappa shape index (κ1) is 11.2. The van der Waals surface area contributed by atoms with Crippen molar-refractivity contribution in [1.82, 2.24) is 5.32 Å². The van der Waals surface area contributed by atoms with Crippen LogP contribution in [0.15, 0.2) is 12.2 Å². The van der Waals surface area contributed by atoms with Crippen LogP contribution in [0, 0.1) is 17.8 Å². The summed E-state index contributed by atoms with van der Waals surface area (Å²) < 4.78 is 0. The van der Waals surface area contributed by atoms with E-state index in [1.165, 1.54) is 51.6 Å². The summed E-state index contributed by atoms with van der Waals surface area (Å²) in [6, 6.07) is 0. The highest BCUT2D eigenvalue weighted by Gasteiger charge is 2.22. The van der Waals surface area contributed by atoms with Gasteiger partial charge in [0.1, 0.15) is 0 Å². The van der Waals surface area contributed by atoms with E-state index in [9.17, 15) is 0 Å². The lowest BCUT2D eigenvalue weighted by Crippen LogP contribution is -2.29. The van der Waals surface area contributed by atoms with Crippen LogP contribution in [-0.4, -0.2) is 13.1 Å². The van der Waals surface area contributed by atoms with Gasteiger partial charge in [-0.05, 0) is 56.5 Å². The number of nitrogens with one attached hydrogen (secondary N) is 1. The molecule has 0 heterocycles. The van der Waals surface area contributed by atoms with Crippen LogP contribution in [-0.2, 0) is 0 Å². The Morgan fingerprint density at radius 1 is 1.13 bits per heavy atom. The Morgan fingerprint density at radius 2 is 2.07 bits per heavy atom. The Hall–Kier alpha value is -0.300. The van der Waals surface area contributed by atoms with E-state index >= 15 is 0 Å². The van der Waals surface area contributed by atoms with Gasteiger partial charge < -0.3 is 5.32 Å². The SMILES string of the molecule is CC1CCCC1CNCC1CC=CCC1. The monoisotopic (exact) mass is 207 g/mol. The Balaban J connectivity index is 1.60. The van der Waals surface area contributed by atoms with Crippen molar-refractivity contribution in [3.8, 4) is 0 Å². The smallest absolute Gasteiger partial charge is 0.00173 e. The normalized spacial score (nSPS) is 35.9. The predicted molar refractivity (Wildman–Crippen MR) is 65.9 cm³/mol. The van der Waals surface area contributed by atoms with Gasteiger partial charge in [-0.15, -0.1) is 0 Å². The van der Waals surface area contributed by atoms with Crippen LogP contribution in [0.4, 0.5) is 0 Å². The Morgan fingerprint density at radius 3 is 2.73 bits per heavy atom. The van der Waals surface area contributed by atoms with Crippen molar-refractivity contribution in [2.45, 2.75) is 45.4 Å². The van der Waals surface area contributed by atoms with Gasteiger partial charge in [0.15, 0.2) is 0 Å². The molecule has 0 bridgehead atoms. The maximum atomic E-state index is 3.69. The third-order valence-electron chi connectivity index (χ3n) is 4.26. The van der Waals surface area contributed by atoms with E-state index in [1.807, 2.05) is 0 Å². The molecule has 3 unspecified atom stereocenters. The van der Waals surface area contributed by atoms with Crippen molar-refractivity contribution in [3.63, 3.8) is 0 Å². The molecule has 1 heteroatoms. The lowest BCUT2D eigenvalue weighted by atomic mass is 9.93. The van der Waals surface area contributed by atoms with Crippen LogP contribution in [0.1, 0.15) is 45.4 Å². The minimum absolute atomic E-state index is 0.909. The van der Waals surface area contributed by atoms with E-state index in [0.717, 1.165) is 17.8 Å². The summed E-state index contributed by atoms with van der Waals surface area (Å²) in [4.78, 5) is 0. The Bertz CT molecular complexity index is 209. The average molecular weight is 207 g/mol. The standard InChI is InChI=1S/C14H25N/c1-12-6-5-9-14(12)11-15-10-13-7-3-2-4-8-13/h2-3,12-15H,4-11H2,1H3. The molecule has 1 nitrogen and oxygen atoms in total. The third-order valence-corrected chi connectivity index (χ3v) is 4.26. The topological polar surface area (TPSA) is 12.0 Å². The molecule has 0 spiro atoms. The predicted octanol–water partition coefficient (Wildman–Crippen LogP) is 3.37. The van der Waals surface area contributed by atoms with Crippen LogP contribution >= 0.6 is 0 Å². The zero-order chi connectivity index (χ0) is 10.5. The fourth-order valence-electron chi connectivity index (χ4n) is 3.04. The molecule has 2 aliphatic carbocycles. The van der Waals surface area contributed by atoms with E-state index in [2.05, 4.69) is 24.4 Å². The molecule has 0 amide bonds. The largest absolute Gasteiger partial charge is 0.316 e. The van der Waals surface area contributed by atoms with E-state index < -0.39 is 0 Å². The van der Waals surface area contributed by atoms with Gasteiger partial charge in [0.25, 0.3) is 0 Å². The first-order valence-electron chi connectivity index (χ1n) is 6.72. The first-order valence-corrected chi connectivity index (χ1v) is 6.72. The third kappa shape index (κ3) is 3.34. The van der Waals surface area contributed by atoms with Crippen molar-refractivity contribution in [1.29, 1.82) is 0 Å². The van der Waals surface area contributed by atoms with E-state index in [0.29, 0.717) is 0 Å². The zero-order valence-electron chi connectivity index (χ0n) is 10.0. The number of rotatable bonds is 4. The first-order chi connectivity index (χ1) is 7.36. The molecule has 3 atom stereocenters. The van der Waals surface area contributed by atoms with Crippen LogP contribution < -0.4 is 5.32 Å². The minimum Gasteiger partial charge on any atom is -0.316 e. The average Bonchev–Trinajstić information content (AvgIpc) is 2.66. The molecule has 0 aromatic carbocycles. The van der Waals surface area contributed by atoms with Crippen molar-refractivity contribution in [2.24, 2.45) is 17.8 Å². The van der Waals surface area contributed by atoms with E-state index in [-0.39, 0.29) is 0 Å². The summed E-state index contributed by atoms with van der Waals surface area (Å²) >= 11 is 0. The van der Waals surface area contributed by atoms with Crippen molar-refractivity contribution in [2.75, 3.05) is 13.1 Å². The lowest BCUT2D eigenvalue weighted by molar-refractivity contribution is 0.363. The molecular formula is C14H25N. The Labute approximate surface area is 94.3 Å². The molecule has 1 fully saturated rings. The molecule has 2 rings (SSSR count). The molecular weight excluding hydrogens is 182 g/mol. The lowest BCUT2D eigenvalue weighted by Gasteiger charge is -2.21. The fourth-order valence-corrected chi connectivity index (χ4v) is 3.04. The highest BCUT2D eigenvalue weighted by Crippen LogP contribution is 2.30. The van der Waals surface area contributed by atoms with Gasteiger partial charge in [0, 0.05) is 0 Å². The summed E-state index contributed by atoms with van der Waals surface area (Å²) in [6.45, 7) is 4.93. The molecule has 86 valence electrons. The summed E-state index contributed by atoms with van der Waals surface area (Å²) in [5.41, 5.74) is 0. The fraction of sp³-hybridized carbons (Fsp3) is 0.857. The molecule has 0 aromatic heterocycles. The molecule has 1 N–H and O–H groups in total. The molecule has 0 aliphatic heterocycles. The molecule has 0 saturated heterocycles. The molecule has 0 aromatic rings. The molecule has 2 aliphatic rings. The second-order valence-corrected chi connectivity index (χ2v) is 5.48. The van der Waals surface area contributed by atoms with Gasteiger partial charge in [0.05, 0.1) is 0 Å². The van der Waals surface area contributed by atoms with Crippen molar-refractivity contribution >= 4 is 0 Å². The number of hydrogen-bond acceptors (Lipinski definition) is 1. The van der Waals surface area contributed by atoms with E-state index in [1.54, 1.807) is 0 Å². The van der Waals surface area contributed by atoms with Gasteiger partial charge in [-0.3, -0.25) is 0 Å². The molecule has 1 saturated carbocycles. The summed E-state index contributed by atoms with van der Waals surface area (Å²) in [5, 5.41) is 3.69. The highest BCUT2D eigenvalue weighted by molar-refractivity contribution is 4.90. The number of allylic oxidation sites excluding steroid dienone is 2. The van der Waals surface area contributed by atoms with E-state index in [4.69, 9.17) is 0 Å². The van der Waals surface area contributed by atoms with Crippen molar-refractivity contribution in [3.05, 3.63) is 12.2 Å². The van der Waals surface area contributed by atoms with Gasteiger partial charge in [-0.2, -0.15) is 0 Å². The van der Waals surface area contributed by atoms with Crippen LogP contribution in [0.2, 0.25) is 0 Å². The zero-order valence-corrected chi connectivity index (χ0v) is 10.0.